The Morgan fingerprint density at radius 2 is 1.66 bits per heavy atom. The first-order valence-corrected chi connectivity index (χ1v) is 9.59. The number of hydrogen-bond donors (Lipinski definition) is 2. The zero-order chi connectivity index (χ0) is 20.6. The van der Waals surface area contributed by atoms with Gasteiger partial charge in [-0.05, 0) is 48.7 Å². The topological polar surface area (TPSA) is 58.6 Å². The van der Waals surface area contributed by atoms with Gasteiger partial charge < -0.3 is 15.2 Å². The Labute approximate surface area is 170 Å². The van der Waals surface area contributed by atoms with Gasteiger partial charge in [0.1, 0.15) is 11.6 Å². The number of rotatable bonds is 8. The molecule has 3 aromatic rings. The van der Waals surface area contributed by atoms with E-state index in [0.29, 0.717) is 12.1 Å². The Kier molecular flexibility index (Phi) is 6.85. The molecule has 2 N–H and O–H groups in total. The fraction of sp³-hybridized carbons (Fsp3) is 0.208. The van der Waals surface area contributed by atoms with Gasteiger partial charge in [-0.2, -0.15) is 0 Å². The number of halogens is 1. The molecule has 0 aliphatic carbocycles. The van der Waals surface area contributed by atoms with Crippen LogP contribution in [-0.2, 0) is 16.0 Å². The predicted molar refractivity (Wildman–Crippen MR) is 111 cm³/mol. The van der Waals surface area contributed by atoms with E-state index >= 15 is 0 Å². The van der Waals surface area contributed by atoms with Crippen LogP contribution in [0, 0.1) is 11.7 Å². The third-order valence-corrected chi connectivity index (χ3v) is 4.73. The van der Waals surface area contributed by atoms with E-state index in [1.807, 2.05) is 30.3 Å². The fourth-order valence-electron chi connectivity index (χ4n) is 3.30. The smallest absolute Gasteiger partial charge is 0.311 e. The molecule has 0 heterocycles. The third kappa shape index (κ3) is 5.35. The van der Waals surface area contributed by atoms with Crippen LogP contribution in [0.1, 0.15) is 24.1 Å². The first-order valence-electron chi connectivity index (χ1n) is 9.59. The van der Waals surface area contributed by atoms with Gasteiger partial charge in [-0.25, -0.2) is 4.39 Å². The first-order chi connectivity index (χ1) is 14.1. The molecule has 150 valence electrons. The number of phenolic OH excluding ortho intramolecular Hbond substituents is 1. The van der Waals surface area contributed by atoms with Gasteiger partial charge in [-0.15, -0.1) is 0 Å². The van der Waals surface area contributed by atoms with Crippen molar-refractivity contribution in [2.45, 2.75) is 19.4 Å². The molecule has 4 nitrogen and oxygen atoms in total. The zero-order valence-electron chi connectivity index (χ0n) is 16.2. The molecular formula is C24H24FNO3. The molecule has 0 aliphatic heterocycles. The van der Waals surface area contributed by atoms with Crippen molar-refractivity contribution in [3.05, 3.63) is 95.8 Å². The van der Waals surface area contributed by atoms with Gasteiger partial charge in [0.15, 0.2) is 0 Å². The molecule has 0 aromatic heterocycles. The number of carbonyl (C=O) groups excluding carboxylic acids is 1. The second-order valence-electron chi connectivity index (χ2n) is 6.74. The van der Waals surface area contributed by atoms with Crippen LogP contribution < -0.4 is 5.32 Å². The maximum absolute atomic E-state index is 13.5. The van der Waals surface area contributed by atoms with Gasteiger partial charge in [0.25, 0.3) is 0 Å². The van der Waals surface area contributed by atoms with Crippen molar-refractivity contribution in [3.8, 4) is 5.75 Å². The highest BCUT2D eigenvalue weighted by atomic mass is 19.1. The summed E-state index contributed by atoms with van der Waals surface area (Å²) in [6.07, 6.45) is 0.433. The molecule has 0 saturated heterocycles. The highest BCUT2D eigenvalue weighted by molar-refractivity contribution is 5.75. The van der Waals surface area contributed by atoms with Crippen LogP contribution >= 0.6 is 0 Å². The van der Waals surface area contributed by atoms with Crippen molar-refractivity contribution < 1.29 is 19.0 Å². The summed E-state index contributed by atoms with van der Waals surface area (Å²) in [5, 5.41) is 13.5. The minimum atomic E-state index is -0.581. The van der Waals surface area contributed by atoms with Gasteiger partial charge >= 0.3 is 5.97 Å². The van der Waals surface area contributed by atoms with Gasteiger partial charge in [-0.1, -0.05) is 54.6 Å². The van der Waals surface area contributed by atoms with Crippen LogP contribution in [0.4, 0.5) is 10.1 Å². The van der Waals surface area contributed by atoms with Crippen LogP contribution in [0.3, 0.4) is 0 Å². The summed E-state index contributed by atoms with van der Waals surface area (Å²) >= 11 is 0. The quantitative estimate of drug-likeness (QED) is 0.413. The SMILES string of the molecule is CCOC(=O)[C@@H](Cc1ccccc1)C(Nc1ccccc1O)c1ccc(F)cc1. The lowest BCUT2D eigenvalue weighted by atomic mass is 9.87. The minimum absolute atomic E-state index is 0.0712. The van der Waals surface area contributed by atoms with Crippen LogP contribution in [0.5, 0.6) is 5.75 Å². The Balaban J connectivity index is 2.02. The number of hydrogen-bond acceptors (Lipinski definition) is 4. The number of ether oxygens (including phenoxy) is 1. The molecule has 1 unspecified atom stereocenters. The van der Waals surface area contributed by atoms with Crippen molar-refractivity contribution in [3.63, 3.8) is 0 Å². The maximum Gasteiger partial charge on any atom is 0.311 e. The van der Waals surface area contributed by atoms with Crippen molar-refractivity contribution in [2.75, 3.05) is 11.9 Å². The lowest BCUT2D eigenvalue weighted by Gasteiger charge is -2.28. The molecular weight excluding hydrogens is 369 g/mol. The van der Waals surface area contributed by atoms with Crippen LogP contribution in [0.2, 0.25) is 0 Å². The van der Waals surface area contributed by atoms with Gasteiger partial charge in [-0.3, -0.25) is 4.79 Å². The molecule has 0 bridgehead atoms. The summed E-state index contributed by atoms with van der Waals surface area (Å²) in [6, 6.07) is 22.0. The van der Waals surface area contributed by atoms with E-state index in [2.05, 4.69) is 5.32 Å². The number of para-hydroxylation sites is 2. The third-order valence-electron chi connectivity index (χ3n) is 4.73. The summed E-state index contributed by atoms with van der Waals surface area (Å²) in [6.45, 7) is 2.03. The van der Waals surface area contributed by atoms with E-state index < -0.39 is 12.0 Å². The number of phenols is 1. The molecule has 0 aliphatic rings. The molecule has 0 radical (unpaired) electrons. The highest BCUT2D eigenvalue weighted by Gasteiger charge is 2.31. The number of carbonyl (C=O) groups is 1. The summed E-state index contributed by atoms with van der Waals surface area (Å²) in [7, 11) is 0. The lowest BCUT2D eigenvalue weighted by Crippen LogP contribution is -2.31. The molecule has 3 rings (SSSR count). The van der Waals surface area contributed by atoms with E-state index in [-0.39, 0.29) is 24.1 Å². The number of anilines is 1. The molecule has 0 spiro atoms. The average Bonchev–Trinajstić information content (AvgIpc) is 2.73. The zero-order valence-corrected chi connectivity index (χ0v) is 16.2. The molecule has 0 saturated carbocycles. The molecule has 29 heavy (non-hydrogen) atoms. The number of nitrogens with one attached hydrogen (secondary N) is 1. The molecule has 0 fully saturated rings. The molecule has 2 atom stereocenters. The normalized spacial score (nSPS) is 12.8. The van der Waals surface area contributed by atoms with Crippen LogP contribution in [0.15, 0.2) is 78.9 Å². The van der Waals surface area contributed by atoms with Crippen LogP contribution in [-0.4, -0.2) is 17.7 Å². The van der Waals surface area contributed by atoms with E-state index in [1.54, 1.807) is 43.3 Å². The summed E-state index contributed by atoms with van der Waals surface area (Å²) in [5.41, 5.74) is 2.20. The first kappa shape index (κ1) is 20.4. The maximum atomic E-state index is 13.5. The molecule has 5 heteroatoms. The summed E-state index contributed by atoms with van der Waals surface area (Å²) in [4.78, 5) is 12.9. The Morgan fingerprint density at radius 3 is 2.31 bits per heavy atom. The monoisotopic (exact) mass is 393 g/mol. The van der Waals surface area contributed by atoms with Crippen molar-refractivity contribution in [1.29, 1.82) is 0 Å². The van der Waals surface area contributed by atoms with Gasteiger partial charge in [0.05, 0.1) is 24.3 Å². The molecule has 3 aromatic carbocycles. The van der Waals surface area contributed by atoms with E-state index in [0.717, 1.165) is 11.1 Å². The summed E-state index contributed by atoms with van der Waals surface area (Å²) in [5.74, 6) is -1.22. The standard InChI is InChI=1S/C24H24FNO3/c1-2-29-24(28)20(16-17-8-4-3-5-9-17)23(18-12-14-19(25)15-13-18)26-21-10-6-7-11-22(21)27/h3-15,20,23,26-27H,2,16H2,1H3/t20-,23?/m0/s1. The summed E-state index contributed by atoms with van der Waals surface area (Å²) < 4.78 is 18.9. The van der Waals surface area contributed by atoms with Gasteiger partial charge in [0, 0.05) is 0 Å². The van der Waals surface area contributed by atoms with E-state index in [4.69, 9.17) is 4.74 Å². The van der Waals surface area contributed by atoms with E-state index in [1.165, 1.54) is 12.1 Å². The Hall–Kier alpha value is -3.34. The van der Waals surface area contributed by atoms with Crippen LogP contribution in [0.25, 0.3) is 0 Å². The number of benzene rings is 3. The Morgan fingerprint density at radius 1 is 1.00 bits per heavy atom. The minimum Gasteiger partial charge on any atom is -0.506 e. The number of esters is 1. The fourth-order valence-corrected chi connectivity index (χ4v) is 3.30. The van der Waals surface area contributed by atoms with Gasteiger partial charge in [0.2, 0.25) is 0 Å². The second-order valence-corrected chi connectivity index (χ2v) is 6.74. The average molecular weight is 393 g/mol. The lowest BCUT2D eigenvalue weighted by molar-refractivity contribution is -0.148. The molecule has 0 amide bonds. The Bertz CT molecular complexity index is 928. The largest absolute Gasteiger partial charge is 0.506 e. The predicted octanol–water partition coefficient (Wildman–Crippen LogP) is 5.11. The second kappa shape index (κ2) is 9.73. The number of aromatic hydroxyl groups is 1. The highest BCUT2D eigenvalue weighted by Crippen LogP contribution is 2.33. The van der Waals surface area contributed by atoms with E-state index in [9.17, 15) is 14.3 Å². The van der Waals surface area contributed by atoms with Crippen molar-refractivity contribution >= 4 is 11.7 Å². The van der Waals surface area contributed by atoms with Crippen molar-refractivity contribution in [2.24, 2.45) is 5.92 Å². The van der Waals surface area contributed by atoms with Crippen molar-refractivity contribution in [1.82, 2.24) is 0 Å².